The van der Waals surface area contributed by atoms with Crippen molar-refractivity contribution in [2.45, 2.75) is 0 Å². The Morgan fingerprint density at radius 1 is 1.21 bits per heavy atom. The smallest absolute Gasteiger partial charge is 0.255 e. The highest BCUT2D eigenvalue weighted by Crippen LogP contribution is 2.21. The minimum Gasteiger partial charge on any atom is -0.353 e. The fourth-order valence-corrected chi connectivity index (χ4v) is 2.86. The van der Waals surface area contributed by atoms with Gasteiger partial charge in [0.2, 0.25) is 0 Å². The highest BCUT2D eigenvalue weighted by Gasteiger charge is 2.24. The Labute approximate surface area is 143 Å². The van der Waals surface area contributed by atoms with Crippen LogP contribution in [0.15, 0.2) is 36.5 Å². The van der Waals surface area contributed by atoms with Gasteiger partial charge in [-0.05, 0) is 30.3 Å². The van der Waals surface area contributed by atoms with Crippen molar-refractivity contribution in [1.82, 2.24) is 9.88 Å². The van der Waals surface area contributed by atoms with Crippen LogP contribution in [0.2, 0.25) is 5.02 Å². The molecule has 0 spiro atoms. The van der Waals surface area contributed by atoms with Crippen LogP contribution in [-0.4, -0.2) is 42.0 Å². The molecule has 1 aromatic heterocycles. The molecule has 0 atom stereocenters. The Balaban J connectivity index is 1.66. The number of carbonyl (C=O) groups is 1. The first-order valence-electron chi connectivity index (χ1n) is 7.44. The van der Waals surface area contributed by atoms with Crippen molar-refractivity contribution in [2.75, 3.05) is 31.1 Å². The number of hydrogen-bond acceptors (Lipinski definition) is 4. The lowest BCUT2D eigenvalue weighted by atomic mass is 10.1. The highest BCUT2D eigenvalue weighted by molar-refractivity contribution is 6.33. The molecule has 3 rings (SSSR count). The van der Waals surface area contributed by atoms with Gasteiger partial charge in [0.25, 0.3) is 5.91 Å². The SMILES string of the molecule is N#Cc1ccc(N2CCN(C(=O)c3ccc(F)cc3Cl)CC2)nc1. The van der Waals surface area contributed by atoms with Crippen LogP contribution in [0.25, 0.3) is 0 Å². The van der Waals surface area contributed by atoms with E-state index >= 15 is 0 Å². The molecule has 0 unspecified atom stereocenters. The van der Waals surface area contributed by atoms with Crippen LogP contribution in [0.1, 0.15) is 15.9 Å². The van der Waals surface area contributed by atoms with Crippen LogP contribution in [0.3, 0.4) is 0 Å². The summed E-state index contributed by atoms with van der Waals surface area (Å²) in [6.45, 7) is 2.30. The van der Waals surface area contributed by atoms with Gasteiger partial charge in [-0.3, -0.25) is 4.79 Å². The molecule has 0 N–H and O–H groups in total. The molecule has 2 aromatic rings. The van der Waals surface area contributed by atoms with Gasteiger partial charge in [0, 0.05) is 32.4 Å². The first kappa shape index (κ1) is 16.2. The molecule has 1 aliphatic heterocycles. The number of piperazine rings is 1. The van der Waals surface area contributed by atoms with Gasteiger partial charge in [0.15, 0.2) is 0 Å². The molecule has 1 amide bonds. The Bertz CT molecular complexity index is 795. The average molecular weight is 345 g/mol. The van der Waals surface area contributed by atoms with E-state index in [9.17, 15) is 9.18 Å². The largest absolute Gasteiger partial charge is 0.353 e. The van der Waals surface area contributed by atoms with Crippen LogP contribution >= 0.6 is 11.6 Å². The van der Waals surface area contributed by atoms with E-state index in [0.29, 0.717) is 37.3 Å². The number of rotatable bonds is 2. The molecule has 1 aromatic carbocycles. The topological polar surface area (TPSA) is 60.2 Å². The Kier molecular flexibility index (Phi) is 4.63. The maximum absolute atomic E-state index is 13.1. The number of aromatic nitrogens is 1. The van der Waals surface area contributed by atoms with Crippen LogP contribution in [0.4, 0.5) is 10.2 Å². The molecule has 122 valence electrons. The van der Waals surface area contributed by atoms with E-state index < -0.39 is 5.82 Å². The number of carbonyl (C=O) groups excluding carboxylic acids is 1. The maximum Gasteiger partial charge on any atom is 0.255 e. The summed E-state index contributed by atoms with van der Waals surface area (Å²) in [5.74, 6) is 0.113. The van der Waals surface area contributed by atoms with Crippen LogP contribution in [-0.2, 0) is 0 Å². The number of nitrogens with zero attached hydrogens (tertiary/aromatic N) is 4. The van der Waals surface area contributed by atoms with Gasteiger partial charge in [-0.1, -0.05) is 11.6 Å². The number of amides is 1. The summed E-state index contributed by atoms with van der Waals surface area (Å²) >= 11 is 5.96. The minimum absolute atomic E-state index is 0.121. The quantitative estimate of drug-likeness (QED) is 0.840. The molecule has 24 heavy (non-hydrogen) atoms. The van der Waals surface area contributed by atoms with Crippen molar-refractivity contribution in [3.05, 3.63) is 58.5 Å². The number of nitriles is 1. The Morgan fingerprint density at radius 3 is 2.54 bits per heavy atom. The number of benzene rings is 1. The molecule has 0 bridgehead atoms. The molecule has 1 aliphatic rings. The molecule has 0 aliphatic carbocycles. The normalized spacial score (nSPS) is 14.4. The van der Waals surface area contributed by atoms with Gasteiger partial charge >= 0.3 is 0 Å². The van der Waals surface area contributed by atoms with Crippen molar-refractivity contribution >= 4 is 23.3 Å². The van der Waals surface area contributed by atoms with Crippen molar-refractivity contribution in [2.24, 2.45) is 0 Å². The fourth-order valence-electron chi connectivity index (χ4n) is 2.61. The van der Waals surface area contributed by atoms with E-state index in [0.717, 1.165) is 11.9 Å². The number of halogens is 2. The zero-order valence-corrected chi connectivity index (χ0v) is 13.5. The van der Waals surface area contributed by atoms with Gasteiger partial charge < -0.3 is 9.80 Å². The van der Waals surface area contributed by atoms with Gasteiger partial charge in [0.05, 0.1) is 16.1 Å². The van der Waals surface area contributed by atoms with Crippen molar-refractivity contribution in [3.8, 4) is 6.07 Å². The first-order chi connectivity index (χ1) is 11.6. The average Bonchev–Trinajstić information content (AvgIpc) is 2.61. The fraction of sp³-hybridized carbons (Fsp3) is 0.235. The number of anilines is 1. The van der Waals surface area contributed by atoms with Gasteiger partial charge in [-0.2, -0.15) is 5.26 Å². The van der Waals surface area contributed by atoms with E-state index in [2.05, 4.69) is 9.88 Å². The lowest BCUT2D eigenvalue weighted by molar-refractivity contribution is 0.0746. The third-order valence-electron chi connectivity index (χ3n) is 3.93. The van der Waals surface area contributed by atoms with Crippen molar-refractivity contribution < 1.29 is 9.18 Å². The van der Waals surface area contributed by atoms with E-state index in [1.807, 2.05) is 6.07 Å². The molecule has 1 saturated heterocycles. The van der Waals surface area contributed by atoms with Gasteiger partial charge in [0.1, 0.15) is 17.7 Å². The third kappa shape index (κ3) is 3.31. The standard InChI is InChI=1S/C17H14ClFN4O/c18-15-9-13(19)2-3-14(15)17(24)23-7-5-22(6-8-23)16-4-1-12(10-20)11-21-16/h1-4,9,11H,5-8H2. The molecule has 0 radical (unpaired) electrons. The first-order valence-corrected chi connectivity index (χ1v) is 7.81. The third-order valence-corrected chi connectivity index (χ3v) is 4.24. The predicted molar refractivity (Wildman–Crippen MR) is 88.5 cm³/mol. The van der Waals surface area contributed by atoms with Crippen molar-refractivity contribution in [3.63, 3.8) is 0 Å². The zero-order chi connectivity index (χ0) is 17.1. The summed E-state index contributed by atoms with van der Waals surface area (Å²) in [6.07, 6.45) is 1.53. The van der Waals surface area contributed by atoms with Gasteiger partial charge in [-0.15, -0.1) is 0 Å². The summed E-state index contributed by atoms with van der Waals surface area (Å²) < 4.78 is 13.1. The Morgan fingerprint density at radius 2 is 1.96 bits per heavy atom. The van der Waals surface area contributed by atoms with Crippen LogP contribution < -0.4 is 4.90 Å². The second-order valence-corrected chi connectivity index (χ2v) is 5.83. The summed E-state index contributed by atoms with van der Waals surface area (Å²) in [5.41, 5.74) is 0.821. The van der Waals surface area contributed by atoms with Crippen LogP contribution in [0.5, 0.6) is 0 Å². The lowest BCUT2D eigenvalue weighted by Gasteiger charge is -2.35. The summed E-state index contributed by atoms with van der Waals surface area (Å²) in [6, 6.07) is 9.34. The number of pyridine rings is 1. The Hall–Kier alpha value is -2.65. The van der Waals surface area contributed by atoms with Crippen LogP contribution in [0, 0.1) is 17.1 Å². The second kappa shape index (κ2) is 6.85. The molecule has 2 heterocycles. The highest BCUT2D eigenvalue weighted by atomic mass is 35.5. The predicted octanol–water partition coefficient (Wildman–Crippen LogP) is 2.71. The maximum atomic E-state index is 13.1. The van der Waals surface area contributed by atoms with E-state index in [-0.39, 0.29) is 10.9 Å². The second-order valence-electron chi connectivity index (χ2n) is 5.42. The van der Waals surface area contributed by atoms with Gasteiger partial charge in [-0.25, -0.2) is 9.37 Å². The molecule has 0 saturated carbocycles. The number of hydrogen-bond donors (Lipinski definition) is 0. The molecular formula is C17H14ClFN4O. The summed E-state index contributed by atoms with van der Waals surface area (Å²) in [5, 5.41) is 8.92. The lowest BCUT2D eigenvalue weighted by Crippen LogP contribution is -2.49. The molecule has 7 heteroatoms. The van der Waals surface area contributed by atoms with E-state index in [1.165, 1.54) is 18.3 Å². The van der Waals surface area contributed by atoms with E-state index in [1.54, 1.807) is 17.0 Å². The summed E-state index contributed by atoms with van der Waals surface area (Å²) in [7, 11) is 0. The minimum atomic E-state index is -0.465. The van der Waals surface area contributed by atoms with Crippen molar-refractivity contribution in [1.29, 1.82) is 5.26 Å². The zero-order valence-electron chi connectivity index (χ0n) is 12.7. The summed E-state index contributed by atoms with van der Waals surface area (Å²) in [4.78, 5) is 20.5. The molecular weight excluding hydrogens is 331 g/mol. The monoisotopic (exact) mass is 344 g/mol. The van der Waals surface area contributed by atoms with E-state index in [4.69, 9.17) is 16.9 Å². The molecule has 1 fully saturated rings. The molecule has 5 nitrogen and oxygen atoms in total.